The van der Waals surface area contributed by atoms with E-state index >= 15 is 0 Å². The first-order valence-corrected chi connectivity index (χ1v) is 5.51. The van der Waals surface area contributed by atoms with E-state index in [1.54, 1.807) is 30.0 Å². The summed E-state index contributed by atoms with van der Waals surface area (Å²) in [4.78, 5) is 20.2. The first-order chi connectivity index (χ1) is 7.77. The van der Waals surface area contributed by atoms with Crippen molar-refractivity contribution in [2.24, 2.45) is 5.73 Å². The van der Waals surface area contributed by atoms with Crippen molar-refractivity contribution in [2.75, 3.05) is 5.32 Å². The van der Waals surface area contributed by atoms with Crippen molar-refractivity contribution in [3.8, 4) is 0 Å². The zero-order chi connectivity index (χ0) is 11.4. The maximum Gasteiger partial charge on any atom is 0.252 e. The zero-order valence-electron chi connectivity index (χ0n) is 8.38. The van der Waals surface area contributed by atoms with E-state index in [0.717, 1.165) is 4.88 Å². The molecule has 0 aromatic carbocycles. The van der Waals surface area contributed by atoms with Gasteiger partial charge in [0, 0.05) is 17.3 Å². The summed E-state index contributed by atoms with van der Waals surface area (Å²) >= 11 is 1.54. The maximum atomic E-state index is 11.1. The highest BCUT2D eigenvalue weighted by molar-refractivity contribution is 7.09. The number of primary amides is 1. The van der Waals surface area contributed by atoms with Crippen LogP contribution in [0.3, 0.4) is 0 Å². The standard InChI is InChI=1S/C10H10N4OS/c11-9(15)8-2-1-3-13-10(8)14-5-7-4-12-6-16-7/h1-4,6H,5H2,(H2,11,15)(H,13,14). The molecule has 0 aliphatic heterocycles. The lowest BCUT2D eigenvalue weighted by Gasteiger charge is -2.06. The molecule has 0 fully saturated rings. The van der Waals surface area contributed by atoms with Gasteiger partial charge in [0.1, 0.15) is 5.82 Å². The van der Waals surface area contributed by atoms with E-state index in [1.807, 2.05) is 0 Å². The van der Waals surface area contributed by atoms with Gasteiger partial charge in [0.25, 0.3) is 5.91 Å². The summed E-state index contributed by atoms with van der Waals surface area (Å²) in [6.45, 7) is 0.585. The van der Waals surface area contributed by atoms with Crippen LogP contribution in [0.5, 0.6) is 0 Å². The summed E-state index contributed by atoms with van der Waals surface area (Å²) in [5, 5.41) is 3.06. The molecule has 0 radical (unpaired) electrons. The van der Waals surface area contributed by atoms with Gasteiger partial charge in [0.2, 0.25) is 0 Å². The van der Waals surface area contributed by atoms with Gasteiger partial charge in [-0.2, -0.15) is 0 Å². The van der Waals surface area contributed by atoms with Crippen molar-refractivity contribution in [3.63, 3.8) is 0 Å². The van der Waals surface area contributed by atoms with Gasteiger partial charge in [0.15, 0.2) is 0 Å². The molecule has 5 nitrogen and oxygen atoms in total. The molecule has 2 heterocycles. The monoisotopic (exact) mass is 234 g/mol. The van der Waals surface area contributed by atoms with Gasteiger partial charge in [-0.1, -0.05) is 0 Å². The highest BCUT2D eigenvalue weighted by atomic mass is 32.1. The van der Waals surface area contributed by atoms with Crippen LogP contribution in [0.15, 0.2) is 30.0 Å². The van der Waals surface area contributed by atoms with Crippen LogP contribution in [-0.4, -0.2) is 15.9 Å². The molecule has 2 rings (SSSR count). The minimum Gasteiger partial charge on any atom is -0.365 e. The van der Waals surface area contributed by atoms with Crippen LogP contribution in [0, 0.1) is 0 Å². The third-order valence-corrected chi connectivity index (χ3v) is 2.77. The topological polar surface area (TPSA) is 80.9 Å². The Morgan fingerprint density at radius 1 is 1.56 bits per heavy atom. The number of amides is 1. The predicted octanol–water partition coefficient (Wildman–Crippen LogP) is 1.25. The van der Waals surface area contributed by atoms with Gasteiger partial charge < -0.3 is 11.1 Å². The van der Waals surface area contributed by atoms with E-state index in [-0.39, 0.29) is 0 Å². The summed E-state index contributed by atoms with van der Waals surface area (Å²) in [5.74, 6) is 0.0169. The SMILES string of the molecule is NC(=O)c1cccnc1NCc1cncs1. The largest absolute Gasteiger partial charge is 0.365 e. The van der Waals surface area contributed by atoms with Gasteiger partial charge in [-0.15, -0.1) is 11.3 Å². The number of hydrogen-bond donors (Lipinski definition) is 2. The molecule has 6 heteroatoms. The van der Waals surface area contributed by atoms with E-state index in [0.29, 0.717) is 17.9 Å². The van der Waals surface area contributed by atoms with Crippen molar-refractivity contribution in [1.29, 1.82) is 0 Å². The number of rotatable bonds is 4. The van der Waals surface area contributed by atoms with Crippen LogP contribution in [0.25, 0.3) is 0 Å². The molecule has 0 saturated heterocycles. The van der Waals surface area contributed by atoms with Crippen LogP contribution in [0.4, 0.5) is 5.82 Å². The second-order valence-electron chi connectivity index (χ2n) is 3.09. The summed E-state index contributed by atoms with van der Waals surface area (Å²) in [6.07, 6.45) is 3.38. The molecular weight excluding hydrogens is 224 g/mol. The summed E-state index contributed by atoms with van der Waals surface area (Å²) < 4.78 is 0. The number of carbonyl (C=O) groups excluding carboxylic acids is 1. The van der Waals surface area contributed by atoms with Crippen LogP contribution in [0.2, 0.25) is 0 Å². The van der Waals surface area contributed by atoms with Crippen LogP contribution in [-0.2, 0) is 6.54 Å². The molecule has 0 aliphatic carbocycles. The molecule has 0 bridgehead atoms. The Balaban J connectivity index is 2.12. The third-order valence-electron chi connectivity index (χ3n) is 1.99. The molecule has 2 aromatic heterocycles. The van der Waals surface area contributed by atoms with Crippen molar-refractivity contribution in [3.05, 3.63) is 40.5 Å². The minimum absolute atomic E-state index is 0.395. The smallest absolute Gasteiger partial charge is 0.252 e. The van der Waals surface area contributed by atoms with Gasteiger partial charge >= 0.3 is 0 Å². The Bertz CT molecular complexity index is 483. The Kier molecular flexibility index (Phi) is 3.11. The molecule has 0 aliphatic rings. The molecule has 2 aromatic rings. The minimum atomic E-state index is -0.486. The average Bonchev–Trinajstić information content (AvgIpc) is 2.79. The van der Waals surface area contributed by atoms with Gasteiger partial charge in [-0.25, -0.2) is 4.98 Å². The number of hydrogen-bond acceptors (Lipinski definition) is 5. The first-order valence-electron chi connectivity index (χ1n) is 4.63. The van der Waals surface area contributed by atoms with E-state index in [4.69, 9.17) is 5.73 Å². The number of thiazole rings is 1. The molecule has 0 unspecified atom stereocenters. The molecule has 0 spiro atoms. The number of nitrogens with one attached hydrogen (secondary N) is 1. The van der Waals surface area contributed by atoms with Gasteiger partial charge in [-0.3, -0.25) is 9.78 Å². The number of carbonyl (C=O) groups is 1. The van der Waals surface area contributed by atoms with Crippen LogP contribution >= 0.6 is 11.3 Å². The van der Waals surface area contributed by atoms with E-state index in [1.165, 1.54) is 11.3 Å². The molecule has 0 atom stereocenters. The Morgan fingerprint density at radius 3 is 3.12 bits per heavy atom. The normalized spacial score (nSPS) is 10.0. The highest BCUT2D eigenvalue weighted by Crippen LogP contribution is 2.13. The summed E-state index contributed by atoms with van der Waals surface area (Å²) in [7, 11) is 0. The lowest BCUT2D eigenvalue weighted by atomic mass is 10.2. The number of nitrogens with zero attached hydrogens (tertiary/aromatic N) is 2. The second-order valence-corrected chi connectivity index (χ2v) is 4.06. The lowest BCUT2D eigenvalue weighted by molar-refractivity contribution is 0.100. The highest BCUT2D eigenvalue weighted by Gasteiger charge is 2.08. The molecular formula is C10H10N4OS. The third kappa shape index (κ3) is 2.34. The van der Waals surface area contributed by atoms with E-state index in [9.17, 15) is 4.79 Å². The first kappa shape index (κ1) is 10.6. The van der Waals surface area contributed by atoms with Crippen molar-refractivity contribution in [2.45, 2.75) is 6.54 Å². The quantitative estimate of drug-likeness (QED) is 0.834. The van der Waals surface area contributed by atoms with E-state index < -0.39 is 5.91 Å². The average molecular weight is 234 g/mol. The Hall–Kier alpha value is -1.95. The molecule has 1 amide bonds. The second kappa shape index (κ2) is 4.71. The van der Waals surface area contributed by atoms with Gasteiger partial charge in [0.05, 0.1) is 17.6 Å². The Labute approximate surface area is 96.3 Å². The maximum absolute atomic E-state index is 11.1. The lowest BCUT2D eigenvalue weighted by Crippen LogP contribution is -2.15. The molecule has 16 heavy (non-hydrogen) atoms. The summed E-state index contributed by atoms with van der Waals surface area (Å²) in [5.41, 5.74) is 7.38. The predicted molar refractivity (Wildman–Crippen MR) is 62.2 cm³/mol. The Morgan fingerprint density at radius 2 is 2.44 bits per heavy atom. The molecule has 3 N–H and O–H groups in total. The molecule has 0 saturated carbocycles. The fourth-order valence-corrected chi connectivity index (χ4v) is 1.78. The van der Waals surface area contributed by atoms with Crippen molar-refractivity contribution >= 4 is 23.1 Å². The fraction of sp³-hybridized carbons (Fsp3) is 0.100. The number of pyridine rings is 1. The van der Waals surface area contributed by atoms with Crippen LogP contribution < -0.4 is 11.1 Å². The van der Waals surface area contributed by atoms with E-state index in [2.05, 4.69) is 15.3 Å². The number of anilines is 1. The van der Waals surface area contributed by atoms with Crippen LogP contribution in [0.1, 0.15) is 15.2 Å². The zero-order valence-corrected chi connectivity index (χ0v) is 9.20. The number of aromatic nitrogens is 2. The van der Waals surface area contributed by atoms with Crippen molar-refractivity contribution < 1.29 is 4.79 Å². The fourth-order valence-electron chi connectivity index (χ4n) is 1.25. The molecule has 82 valence electrons. The van der Waals surface area contributed by atoms with Gasteiger partial charge in [-0.05, 0) is 12.1 Å². The van der Waals surface area contributed by atoms with Crippen molar-refractivity contribution in [1.82, 2.24) is 9.97 Å². The number of nitrogens with two attached hydrogens (primary N) is 1. The summed E-state index contributed by atoms with van der Waals surface area (Å²) in [6, 6.07) is 3.32.